The van der Waals surface area contributed by atoms with Gasteiger partial charge in [-0.2, -0.15) is 0 Å². The molecule has 0 spiro atoms. The van der Waals surface area contributed by atoms with E-state index in [-0.39, 0.29) is 17.2 Å². The SMILES string of the molecule is CC(=O)O.CC(C)=O.CCOC(C)=O.O. The second-order valence-electron chi connectivity index (χ2n) is 2.35. The molecule has 6 nitrogen and oxygen atoms in total. The highest BCUT2D eigenvalue weighted by Gasteiger charge is 1.81. The molecule has 0 radical (unpaired) electrons. The first-order valence-electron chi connectivity index (χ1n) is 4.04. The second-order valence-corrected chi connectivity index (χ2v) is 2.35. The molecule has 92 valence electrons. The van der Waals surface area contributed by atoms with E-state index in [1.165, 1.54) is 20.8 Å². The smallest absolute Gasteiger partial charge is 0.302 e. The molecule has 0 aromatic rings. The maximum Gasteiger partial charge on any atom is 0.302 e. The number of ketones is 1. The van der Waals surface area contributed by atoms with Crippen LogP contribution in [-0.4, -0.2) is 34.9 Å². The van der Waals surface area contributed by atoms with E-state index in [9.17, 15) is 9.59 Å². The summed E-state index contributed by atoms with van der Waals surface area (Å²) in [7, 11) is 0. The molecular formula is C9H20O6. The lowest BCUT2D eigenvalue weighted by Gasteiger charge is -1.89. The van der Waals surface area contributed by atoms with Gasteiger partial charge in [0.1, 0.15) is 5.78 Å². The largest absolute Gasteiger partial charge is 0.481 e. The minimum atomic E-state index is -0.833. The average molecular weight is 224 g/mol. The van der Waals surface area contributed by atoms with Gasteiger partial charge in [0, 0.05) is 13.8 Å². The molecule has 0 aliphatic rings. The average Bonchev–Trinajstić information content (AvgIpc) is 1.82. The van der Waals surface area contributed by atoms with Gasteiger partial charge in [-0.05, 0) is 20.8 Å². The maximum absolute atomic E-state index is 9.82. The second kappa shape index (κ2) is 18.4. The molecule has 0 saturated carbocycles. The third-order valence-electron chi connectivity index (χ3n) is 0.348. The first-order valence-corrected chi connectivity index (χ1v) is 4.04. The van der Waals surface area contributed by atoms with Gasteiger partial charge in [0.15, 0.2) is 0 Å². The number of carbonyl (C=O) groups is 3. The summed E-state index contributed by atoms with van der Waals surface area (Å²) in [4.78, 5) is 28.3. The third-order valence-corrected chi connectivity index (χ3v) is 0.348. The first-order chi connectivity index (χ1) is 6.23. The molecule has 0 rings (SSSR count). The molecule has 3 N–H and O–H groups in total. The molecule has 0 aromatic heterocycles. The fourth-order valence-corrected chi connectivity index (χ4v) is 0.203. The number of Topliss-reactive ketones (excluding diaryl/α,β-unsaturated/α-hetero) is 1. The summed E-state index contributed by atoms with van der Waals surface area (Å²) in [6.45, 7) is 7.79. The lowest BCUT2D eigenvalue weighted by atomic mass is 10.6. The Bertz CT molecular complexity index is 155. The van der Waals surface area contributed by atoms with Crippen molar-refractivity contribution in [1.29, 1.82) is 0 Å². The molecule has 0 bridgehead atoms. The number of ether oxygens (including phenoxy) is 1. The molecule has 0 aliphatic carbocycles. The van der Waals surface area contributed by atoms with Crippen molar-refractivity contribution in [3.8, 4) is 0 Å². The predicted octanol–water partition coefficient (Wildman–Crippen LogP) is 0.431. The van der Waals surface area contributed by atoms with Gasteiger partial charge >= 0.3 is 5.97 Å². The Hall–Kier alpha value is -1.43. The van der Waals surface area contributed by atoms with E-state index in [1.807, 2.05) is 0 Å². The fourth-order valence-electron chi connectivity index (χ4n) is 0.203. The molecule has 15 heavy (non-hydrogen) atoms. The van der Waals surface area contributed by atoms with Crippen molar-refractivity contribution in [2.45, 2.75) is 34.6 Å². The third kappa shape index (κ3) is 570. The van der Waals surface area contributed by atoms with Gasteiger partial charge < -0.3 is 20.1 Å². The Labute approximate surface area is 89.5 Å². The number of hydrogen-bond donors (Lipinski definition) is 1. The first kappa shape index (κ1) is 23.4. The van der Waals surface area contributed by atoms with Crippen LogP contribution in [0.1, 0.15) is 34.6 Å². The van der Waals surface area contributed by atoms with Crippen LogP contribution in [0.25, 0.3) is 0 Å². The number of carboxylic acid groups (broad SMARTS) is 1. The fraction of sp³-hybridized carbons (Fsp3) is 0.667. The molecule has 0 aromatic carbocycles. The zero-order valence-corrected chi connectivity index (χ0v) is 9.79. The molecule has 0 saturated heterocycles. The minimum absolute atomic E-state index is 0. The Morgan fingerprint density at radius 2 is 1.27 bits per heavy atom. The van der Waals surface area contributed by atoms with E-state index in [2.05, 4.69) is 4.74 Å². The van der Waals surface area contributed by atoms with Crippen LogP contribution in [0.15, 0.2) is 0 Å². The molecule has 0 unspecified atom stereocenters. The highest BCUT2D eigenvalue weighted by molar-refractivity contribution is 5.72. The van der Waals surface area contributed by atoms with Gasteiger partial charge in [-0.3, -0.25) is 9.59 Å². The van der Waals surface area contributed by atoms with Crippen molar-refractivity contribution in [2.24, 2.45) is 0 Å². The van der Waals surface area contributed by atoms with Gasteiger partial charge in [-0.25, -0.2) is 0 Å². The normalized spacial score (nSPS) is 6.47. The van der Waals surface area contributed by atoms with Crippen LogP contribution in [0.2, 0.25) is 0 Å². The van der Waals surface area contributed by atoms with Crippen molar-refractivity contribution >= 4 is 17.7 Å². The van der Waals surface area contributed by atoms with Crippen LogP contribution in [0.5, 0.6) is 0 Å². The summed E-state index contributed by atoms with van der Waals surface area (Å²) < 4.78 is 4.40. The van der Waals surface area contributed by atoms with Gasteiger partial charge in [-0.1, -0.05) is 0 Å². The van der Waals surface area contributed by atoms with Crippen molar-refractivity contribution in [3.63, 3.8) is 0 Å². The van der Waals surface area contributed by atoms with Crippen LogP contribution < -0.4 is 0 Å². The Kier molecular flexibility index (Phi) is 28.7. The predicted molar refractivity (Wildman–Crippen MR) is 55.6 cm³/mol. The van der Waals surface area contributed by atoms with Gasteiger partial charge in [0.2, 0.25) is 0 Å². The van der Waals surface area contributed by atoms with Crippen molar-refractivity contribution in [2.75, 3.05) is 6.61 Å². The van der Waals surface area contributed by atoms with Crippen LogP contribution >= 0.6 is 0 Å². The quantitative estimate of drug-likeness (QED) is 0.649. The van der Waals surface area contributed by atoms with E-state index < -0.39 is 5.97 Å². The summed E-state index contributed by atoms with van der Waals surface area (Å²) in [6, 6.07) is 0. The Morgan fingerprint density at radius 3 is 1.27 bits per heavy atom. The number of carbonyl (C=O) groups excluding carboxylic acids is 2. The van der Waals surface area contributed by atoms with E-state index >= 15 is 0 Å². The number of esters is 1. The summed E-state index contributed by atoms with van der Waals surface area (Å²) in [5.74, 6) is -0.877. The van der Waals surface area contributed by atoms with Crippen molar-refractivity contribution in [1.82, 2.24) is 0 Å². The van der Waals surface area contributed by atoms with Crippen LogP contribution in [-0.2, 0) is 19.1 Å². The summed E-state index contributed by atoms with van der Waals surface area (Å²) in [5, 5.41) is 7.42. The van der Waals surface area contributed by atoms with E-state index in [4.69, 9.17) is 9.90 Å². The molecule has 0 amide bonds. The van der Waals surface area contributed by atoms with Gasteiger partial charge in [0.25, 0.3) is 5.97 Å². The van der Waals surface area contributed by atoms with Crippen molar-refractivity contribution < 1.29 is 29.7 Å². The highest BCUT2D eigenvalue weighted by Crippen LogP contribution is 1.69. The van der Waals surface area contributed by atoms with Crippen LogP contribution in [0.4, 0.5) is 0 Å². The molecule has 0 heterocycles. The zero-order chi connectivity index (χ0) is 12.1. The molecule has 0 fully saturated rings. The topological polar surface area (TPSA) is 112 Å². The van der Waals surface area contributed by atoms with E-state index in [0.29, 0.717) is 6.61 Å². The number of hydrogen-bond acceptors (Lipinski definition) is 4. The monoisotopic (exact) mass is 224 g/mol. The summed E-state index contributed by atoms with van der Waals surface area (Å²) >= 11 is 0. The lowest BCUT2D eigenvalue weighted by molar-refractivity contribution is -0.140. The van der Waals surface area contributed by atoms with Gasteiger partial charge in [0.05, 0.1) is 6.61 Å². The van der Waals surface area contributed by atoms with Crippen LogP contribution in [0, 0.1) is 0 Å². The number of aliphatic carboxylic acids is 1. The summed E-state index contributed by atoms with van der Waals surface area (Å²) in [6.07, 6.45) is 0. The lowest BCUT2D eigenvalue weighted by Crippen LogP contribution is -1.95. The summed E-state index contributed by atoms with van der Waals surface area (Å²) in [5.41, 5.74) is 0. The maximum atomic E-state index is 9.82. The van der Waals surface area contributed by atoms with Crippen molar-refractivity contribution in [3.05, 3.63) is 0 Å². The van der Waals surface area contributed by atoms with E-state index in [0.717, 1.165) is 6.92 Å². The number of rotatable bonds is 1. The molecule has 6 heteroatoms. The molecule has 0 aliphatic heterocycles. The Balaban J connectivity index is -0.0000000606. The standard InChI is InChI=1S/C4H8O2.C3H6O.C2H4O2.H2O/c1-3-6-4(2)5;1-3(2)4;1-2(3)4;/h3H2,1-2H3;1-2H3;1H3,(H,3,4);1H2. The highest BCUT2D eigenvalue weighted by atomic mass is 16.5. The van der Waals surface area contributed by atoms with Crippen LogP contribution in [0.3, 0.4) is 0 Å². The molecule has 0 atom stereocenters. The van der Waals surface area contributed by atoms with Gasteiger partial charge in [-0.15, -0.1) is 0 Å². The minimum Gasteiger partial charge on any atom is -0.481 e. The van der Waals surface area contributed by atoms with E-state index in [1.54, 1.807) is 6.92 Å². The zero-order valence-electron chi connectivity index (χ0n) is 9.79. The molecular weight excluding hydrogens is 204 g/mol. The Morgan fingerprint density at radius 1 is 1.07 bits per heavy atom. The number of carboxylic acids is 1.